The van der Waals surface area contributed by atoms with E-state index >= 15 is 0 Å². The number of hydrogen-bond acceptors (Lipinski definition) is 4. The van der Waals surface area contributed by atoms with Gasteiger partial charge in [0, 0.05) is 16.6 Å². The minimum absolute atomic E-state index is 0.321. The molecule has 0 aliphatic carbocycles. The number of carbonyl (C=O) groups is 3. The van der Waals surface area contributed by atoms with E-state index in [2.05, 4.69) is 10.6 Å². The fourth-order valence-corrected chi connectivity index (χ4v) is 2.90. The monoisotopic (exact) mass is 390 g/mol. The molecule has 0 aliphatic rings. The van der Waals surface area contributed by atoms with E-state index in [1.54, 1.807) is 24.3 Å². The van der Waals surface area contributed by atoms with Gasteiger partial charge in [0.2, 0.25) is 0 Å². The summed E-state index contributed by atoms with van der Waals surface area (Å²) < 4.78 is 5.14. The fraction of sp³-hybridized carbons (Fsp3) is 0.174. The van der Waals surface area contributed by atoms with E-state index in [4.69, 9.17) is 4.74 Å². The average molecular weight is 390 g/mol. The summed E-state index contributed by atoms with van der Waals surface area (Å²) in [5.41, 5.74) is 2.04. The Morgan fingerprint density at radius 2 is 1.69 bits per heavy atom. The van der Waals surface area contributed by atoms with Gasteiger partial charge >= 0.3 is 5.97 Å². The molecule has 0 spiro atoms. The first-order valence-electron chi connectivity index (χ1n) is 9.27. The number of hydrogen-bond donors (Lipinski definition) is 2. The quantitative estimate of drug-likeness (QED) is 0.632. The van der Waals surface area contributed by atoms with Crippen molar-refractivity contribution in [2.45, 2.75) is 20.0 Å². The number of anilines is 1. The number of ether oxygens (including phenoxy) is 1. The van der Waals surface area contributed by atoms with Crippen molar-refractivity contribution < 1.29 is 19.1 Å². The maximum absolute atomic E-state index is 12.4. The van der Waals surface area contributed by atoms with Gasteiger partial charge in [0.15, 0.2) is 6.10 Å². The van der Waals surface area contributed by atoms with Crippen LogP contribution >= 0.6 is 0 Å². The SMILES string of the molecule is Cc1cccc(C(=O)NCC(=O)O[C@H](C)C(=O)Nc2cccc3ccccc23)c1. The molecule has 3 aromatic carbocycles. The topological polar surface area (TPSA) is 84.5 Å². The number of rotatable bonds is 6. The molecule has 0 saturated carbocycles. The highest BCUT2D eigenvalue weighted by atomic mass is 16.5. The lowest BCUT2D eigenvalue weighted by Gasteiger charge is -2.15. The third-order valence-electron chi connectivity index (χ3n) is 4.40. The summed E-state index contributed by atoms with van der Waals surface area (Å²) in [4.78, 5) is 36.5. The number of carbonyl (C=O) groups excluding carboxylic acids is 3. The Labute approximate surface area is 168 Å². The molecule has 3 aromatic rings. The summed E-state index contributed by atoms with van der Waals surface area (Å²) in [6, 6.07) is 20.3. The first kappa shape index (κ1) is 20.1. The van der Waals surface area contributed by atoms with Crippen LogP contribution in [0.2, 0.25) is 0 Å². The van der Waals surface area contributed by atoms with E-state index in [1.807, 2.05) is 49.4 Å². The molecule has 148 valence electrons. The zero-order chi connectivity index (χ0) is 20.8. The Kier molecular flexibility index (Phi) is 6.24. The predicted molar refractivity (Wildman–Crippen MR) is 112 cm³/mol. The Bertz CT molecular complexity index is 1060. The van der Waals surface area contributed by atoms with Crippen molar-refractivity contribution in [3.05, 3.63) is 77.9 Å². The molecular formula is C23H22N2O4. The molecule has 0 radical (unpaired) electrons. The van der Waals surface area contributed by atoms with Crippen LogP contribution in [0, 0.1) is 6.92 Å². The van der Waals surface area contributed by atoms with E-state index in [9.17, 15) is 14.4 Å². The summed E-state index contributed by atoms with van der Waals surface area (Å²) >= 11 is 0. The molecule has 2 N–H and O–H groups in total. The molecule has 0 aromatic heterocycles. The lowest BCUT2D eigenvalue weighted by atomic mass is 10.1. The van der Waals surface area contributed by atoms with Gasteiger partial charge in [-0.2, -0.15) is 0 Å². The number of aryl methyl sites for hydroxylation is 1. The van der Waals surface area contributed by atoms with Crippen molar-refractivity contribution in [1.29, 1.82) is 0 Å². The third-order valence-corrected chi connectivity index (χ3v) is 4.40. The number of amides is 2. The van der Waals surface area contributed by atoms with E-state index < -0.39 is 18.0 Å². The van der Waals surface area contributed by atoms with Gasteiger partial charge in [-0.1, -0.05) is 54.1 Å². The second-order valence-corrected chi connectivity index (χ2v) is 6.70. The molecule has 0 aliphatic heterocycles. The number of nitrogens with one attached hydrogen (secondary N) is 2. The molecule has 0 heterocycles. The highest BCUT2D eigenvalue weighted by Crippen LogP contribution is 2.23. The maximum Gasteiger partial charge on any atom is 0.326 e. The number of benzene rings is 3. The van der Waals surface area contributed by atoms with E-state index in [-0.39, 0.29) is 12.5 Å². The van der Waals surface area contributed by atoms with Crippen LogP contribution in [0.3, 0.4) is 0 Å². The van der Waals surface area contributed by atoms with Gasteiger partial charge in [-0.3, -0.25) is 14.4 Å². The van der Waals surface area contributed by atoms with Crippen LogP contribution in [0.25, 0.3) is 10.8 Å². The summed E-state index contributed by atoms with van der Waals surface area (Å²) in [7, 11) is 0. The fourth-order valence-electron chi connectivity index (χ4n) is 2.90. The third kappa shape index (κ3) is 5.19. The van der Waals surface area contributed by atoms with Crippen molar-refractivity contribution >= 4 is 34.2 Å². The minimum Gasteiger partial charge on any atom is -0.451 e. The van der Waals surface area contributed by atoms with Crippen LogP contribution in [-0.2, 0) is 14.3 Å². The Morgan fingerprint density at radius 1 is 0.966 bits per heavy atom. The molecule has 0 saturated heterocycles. The minimum atomic E-state index is -1.00. The standard InChI is InChI=1S/C23H22N2O4/c1-15-7-5-10-18(13-15)23(28)24-14-21(26)29-16(2)22(27)25-20-12-6-9-17-8-3-4-11-19(17)20/h3-13,16H,14H2,1-2H3,(H,24,28)(H,25,27)/t16-/m1/s1. The molecule has 6 heteroatoms. The summed E-state index contributed by atoms with van der Waals surface area (Å²) in [6.45, 7) is 3.04. The highest BCUT2D eigenvalue weighted by Gasteiger charge is 2.19. The first-order valence-corrected chi connectivity index (χ1v) is 9.27. The van der Waals surface area contributed by atoms with Crippen molar-refractivity contribution in [1.82, 2.24) is 5.32 Å². The Hall–Kier alpha value is -3.67. The lowest BCUT2D eigenvalue weighted by molar-refractivity contribution is -0.152. The van der Waals surface area contributed by atoms with E-state index in [1.165, 1.54) is 6.92 Å². The van der Waals surface area contributed by atoms with Gasteiger partial charge in [-0.25, -0.2) is 0 Å². The molecule has 6 nitrogen and oxygen atoms in total. The molecule has 3 rings (SSSR count). The van der Waals surface area contributed by atoms with Gasteiger partial charge in [-0.15, -0.1) is 0 Å². The molecular weight excluding hydrogens is 368 g/mol. The maximum atomic E-state index is 12.4. The normalized spacial score (nSPS) is 11.5. The van der Waals surface area contributed by atoms with Gasteiger partial charge < -0.3 is 15.4 Å². The lowest BCUT2D eigenvalue weighted by Crippen LogP contribution is -2.35. The van der Waals surface area contributed by atoms with Crippen molar-refractivity contribution in [2.24, 2.45) is 0 Å². The van der Waals surface area contributed by atoms with Crippen LogP contribution < -0.4 is 10.6 Å². The van der Waals surface area contributed by atoms with Crippen LogP contribution in [0.1, 0.15) is 22.8 Å². The zero-order valence-electron chi connectivity index (χ0n) is 16.3. The van der Waals surface area contributed by atoms with Crippen LogP contribution in [0.5, 0.6) is 0 Å². The van der Waals surface area contributed by atoms with Gasteiger partial charge in [-0.05, 0) is 37.4 Å². The smallest absolute Gasteiger partial charge is 0.326 e. The molecule has 0 unspecified atom stereocenters. The molecule has 0 fully saturated rings. The van der Waals surface area contributed by atoms with Crippen LogP contribution in [-0.4, -0.2) is 30.4 Å². The summed E-state index contributed by atoms with van der Waals surface area (Å²) in [6.07, 6.45) is -1.00. The second-order valence-electron chi connectivity index (χ2n) is 6.70. The summed E-state index contributed by atoms with van der Waals surface area (Å²) in [5.74, 6) is -1.51. The Morgan fingerprint density at radius 3 is 2.48 bits per heavy atom. The van der Waals surface area contributed by atoms with E-state index in [0.717, 1.165) is 16.3 Å². The molecule has 0 bridgehead atoms. The average Bonchev–Trinajstić information content (AvgIpc) is 2.72. The largest absolute Gasteiger partial charge is 0.451 e. The summed E-state index contributed by atoms with van der Waals surface area (Å²) in [5, 5.41) is 7.17. The molecule has 2 amide bonds. The highest BCUT2D eigenvalue weighted by molar-refractivity contribution is 6.04. The van der Waals surface area contributed by atoms with Gasteiger partial charge in [0.1, 0.15) is 6.54 Å². The van der Waals surface area contributed by atoms with Gasteiger partial charge in [0.05, 0.1) is 0 Å². The van der Waals surface area contributed by atoms with Crippen LogP contribution in [0.15, 0.2) is 66.7 Å². The second kappa shape index (κ2) is 9.01. The van der Waals surface area contributed by atoms with Gasteiger partial charge in [0.25, 0.3) is 11.8 Å². The van der Waals surface area contributed by atoms with Crippen LogP contribution in [0.4, 0.5) is 5.69 Å². The zero-order valence-corrected chi connectivity index (χ0v) is 16.3. The van der Waals surface area contributed by atoms with Crippen molar-refractivity contribution in [3.8, 4) is 0 Å². The number of esters is 1. The predicted octanol–water partition coefficient (Wildman–Crippen LogP) is 3.45. The van der Waals surface area contributed by atoms with E-state index in [0.29, 0.717) is 11.3 Å². The first-order chi connectivity index (χ1) is 13.9. The van der Waals surface area contributed by atoms with Crippen molar-refractivity contribution in [3.63, 3.8) is 0 Å². The van der Waals surface area contributed by atoms with Crippen molar-refractivity contribution in [2.75, 3.05) is 11.9 Å². The Balaban J connectivity index is 1.53. The molecule has 29 heavy (non-hydrogen) atoms. The molecule has 1 atom stereocenters. The number of fused-ring (bicyclic) bond motifs is 1.